The van der Waals surface area contributed by atoms with Crippen molar-refractivity contribution in [3.05, 3.63) is 47.5 Å². The Morgan fingerprint density at radius 3 is 2.36 bits per heavy atom. The van der Waals surface area contributed by atoms with Crippen LogP contribution in [0.25, 0.3) is 21.8 Å². The Morgan fingerprint density at radius 2 is 1.70 bits per heavy atom. The molecule has 1 aliphatic heterocycles. The van der Waals surface area contributed by atoms with Crippen LogP contribution in [0.2, 0.25) is 5.02 Å². The van der Waals surface area contributed by atoms with Gasteiger partial charge in [-0.15, -0.1) is 0 Å². The summed E-state index contributed by atoms with van der Waals surface area (Å²) in [7, 11) is 0. The highest BCUT2D eigenvalue weighted by molar-refractivity contribution is 6.31. The normalized spacial score (nSPS) is 21.0. The van der Waals surface area contributed by atoms with Gasteiger partial charge < -0.3 is 19.3 Å². The fraction of sp³-hybridized carbons (Fsp3) is 0.500. The number of nitrogens with zero attached hydrogens (tertiary/aromatic N) is 3. The number of para-hydroxylation sites is 1. The highest BCUT2D eigenvalue weighted by Gasteiger charge is 2.34. The highest BCUT2D eigenvalue weighted by atomic mass is 35.5. The lowest BCUT2D eigenvalue weighted by Gasteiger charge is -2.45. The predicted molar refractivity (Wildman–Crippen MR) is 134 cm³/mol. The van der Waals surface area contributed by atoms with Gasteiger partial charge in [0.15, 0.2) is 0 Å². The first-order valence-electron chi connectivity index (χ1n) is 11.6. The molecule has 0 saturated carbocycles. The average Bonchev–Trinajstić information content (AvgIpc) is 3.02. The molecule has 1 aliphatic rings. The Morgan fingerprint density at radius 1 is 1.06 bits per heavy atom. The molecule has 33 heavy (non-hydrogen) atoms. The second-order valence-electron chi connectivity index (χ2n) is 10.2. The van der Waals surface area contributed by atoms with Crippen molar-refractivity contribution in [2.24, 2.45) is 0 Å². The van der Waals surface area contributed by atoms with E-state index in [4.69, 9.17) is 16.3 Å². The van der Waals surface area contributed by atoms with E-state index in [-0.39, 0.29) is 18.2 Å². The number of amides is 1. The van der Waals surface area contributed by atoms with Crippen molar-refractivity contribution in [3.8, 4) is 0 Å². The third kappa shape index (κ3) is 5.13. The van der Waals surface area contributed by atoms with Gasteiger partial charge in [0, 0.05) is 58.5 Å². The number of rotatable bonds is 4. The van der Waals surface area contributed by atoms with E-state index >= 15 is 0 Å². The number of piperazine rings is 1. The summed E-state index contributed by atoms with van der Waals surface area (Å²) in [6.07, 6.45) is -0.831. The van der Waals surface area contributed by atoms with E-state index in [0.29, 0.717) is 31.2 Å². The molecule has 2 aromatic carbocycles. The van der Waals surface area contributed by atoms with Gasteiger partial charge in [-0.05, 0) is 58.9 Å². The van der Waals surface area contributed by atoms with Crippen molar-refractivity contribution in [1.82, 2.24) is 14.4 Å². The first kappa shape index (κ1) is 23.9. The van der Waals surface area contributed by atoms with E-state index in [9.17, 15) is 9.90 Å². The molecule has 4 rings (SSSR count). The van der Waals surface area contributed by atoms with E-state index in [1.807, 2.05) is 51.1 Å². The van der Waals surface area contributed by atoms with Crippen molar-refractivity contribution in [3.63, 3.8) is 0 Å². The SMILES string of the molecule is CC1CN(C(=O)OC(C)(C)C)CC(C)N1CC(O)Cn1c2ccccc2c2cc(Cl)ccc21. The van der Waals surface area contributed by atoms with E-state index in [0.717, 1.165) is 21.8 Å². The minimum Gasteiger partial charge on any atom is -0.444 e. The molecule has 3 atom stereocenters. The van der Waals surface area contributed by atoms with Crippen LogP contribution in [0.3, 0.4) is 0 Å². The van der Waals surface area contributed by atoms with Crippen molar-refractivity contribution < 1.29 is 14.6 Å². The number of aromatic nitrogens is 1. The Bertz CT molecular complexity index is 1140. The summed E-state index contributed by atoms with van der Waals surface area (Å²) in [5.74, 6) is 0. The molecule has 0 radical (unpaired) electrons. The predicted octanol–water partition coefficient (Wildman–Crippen LogP) is 5.14. The summed E-state index contributed by atoms with van der Waals surface area (Å²) in [4.78, 5) is 16.6. The van der Waals surface area contributed by atoms with Crippen LogP contribution in [-0.2, 0) is 11.3 Å². The maximum atomic E-state index is 12.5. The summed E-state index contributed by atoms with van der Waals surface area (Å²) in [5.41, 5.74) is 1.64. The van der Waals surface area contributed by atoms with Gasteiger partial charge in [-0.1, -0.05) is 29.8 Å². The molecule has 178 valence electrons. The number of aliphatic hydroxyl groups is 1. The number of aliphatic hydroxyl groups excluding tert-OH is 1. The zero-order valence-electron chi connectivity index (χ0n) is 20.1. The second kappa shape index (κ2) is 9.16. The average molecular weight is 472 g/mol. The summed E-state index contributed by atoms with van der Waals surface area (Å²) >= 11 is 6.26. The molecule has 1 amide bonds. The summed E-state index contributed by atoms with van der Waals surface area (Å²) in [5, 5.41) is 14.1. The Kier molecular flexibility index (Phi) is 6.63. The number of halogens is 1. The van der Waals surface area contributed by atoms with Gasteiger partial charge in [-0.3, -0.25) is 4.90 Å². The van der Waals surface area contributed by atoms with Crippen LogP contribution in [0.4, 0.5) is 4.79 Å². The van der Waals surface area contributed by atoms with Gasteiger partial charge >= 0.3 is 6.09 Å². The standard InChI is InChI=1S/C26H34ClN3O3/c1-17-13-28(25(32)33-26(3,4)5)14-18(2)29(17)15-20(31)16-30-23-9-7-6-8-21(23)22-12-19(27)10-11-24(22)30/h6-12,17-18,20,31H,13-16H2,1-5H3. The minimum atomic E-state index is -0.558. The zero-order valence-corrected chi connectivity index (χ0v) is 20.8. The Labute approximate surface area is 200 Å². The highest BCUT2D eigenvalue weighted by Crippen LogP contribution is 2.31. The molecule has 1 fully saturated rings. The van der Waals surface area contributed by atoms with Gasteiger partial charge in [-0.25, -0.2) is 4.79 Å². The molecular formula is C26H34ClN3O3. The lowest BCUT2D eigenvalue weighted by atomic mass is 10.1. The van der Waals surface area contributed by atoms with E-state index in [2.05, 4.69) is 35.4 Å². The Balaban J connectivity index is 1.49. The van der Waals surface area contributed by atoms with Gasteiger partial charge in [0.1, 0.15) is 5.60 Å². The molecule has 1 aromatic heterocycles. The fourth-order valence-corrected chi connectivity index (χ4v) is 5.10. The first-order valence-corrected chi connectivity index (χ1v) is 12.0. The van der Waals surface area contributed by atoms with E-state index < -0.39 is 11.7 Å². The van der Waals surface area contributed by atoms with E-state index in [1.54, 1.807) is 4.90 Å². The van der Waals surface area contributed by atoms with Crippen LogP contribution in [0.1, 0.15) is 34.6 Å². The molecule has 3 aromatic rings. The van der Waals surface area contributed by atoms with Crippen molar-refractivity contribution in [2.75, 3.05) is 19.6 Å². The van der Waals surface area contributed by atoms with Crippen LogP contribution < -0.4 is 0 Å². The molecule has 7 heteroatoms. The number of β-amino-alcohol motifs (C(OH)–C–C–N with tert-alkyl or cyclic N) is 1. The first-order chi connectivity index (χ1) is 15.5. The van der Waals surface area contributed by atoms with Gasteiger partial charge in [0.2, 0.25) is 0 Å². The summed E-state index contributed by atoms with van der Waals surface area (Å²) in [6.45, 7) is 12.0. The van der Waals surface area contributed by atoms with Gasteiger partial charge in [0.05, 0.1) is 12.6 Å². The quantitative estimate of drug-likeness (QED) is 0.572. The third-order valence-corrected chi connectivity index (χ3v) is 6.54. The Hall–Kier alpha value is -2.28. The van der Waals surface area contributed by atoms with Crippen molar-refractivity contribution in [1.29, 1.82) is 0 Å². The zero-order chi connectivity index (χ0) is 23.9. The largest absolute Gasteiger partial charge is 0.444 e. The van der Waals surface area contributed by atoms with Crippen LogP contribution >= 0.6 is 11.6 Å². The topological polar surface area (TPSA) is 57.9 Å². The van der Waals surface area contributed by atoms with Crippen LogP contribution in [0.15, 0.2) is 42.5 Å². The van der Waals surface area contributed by atoms with Gasteiger partial charge in [-0.2, -0.15) is 0 Å². The smallest absolute Gasteiger partial charge is 0.410 e. The van der Waals surface area contributed by atoms with Crippen molar-refractivity contribution in [2.45, 2.75) is 65.0 Å². The van der Waals surface area contributed by atoms with Crippen LogP contribution in [0, 0.1) is 0 Å². The molecular weight excluding hydrogens is 438 g/mol. The number of benzene rings is 2. The second-order valence-corrected chi connectivity index (χ2v) is 10.7. The third-order valence-electron chi connectivity index (χ3n) is 6.30. The van der Waals surface area contributed by atoms with Crippen LogP contribution in [-0.4, -0.2) is 69.0 Å². The number of hydrogen-bond donors (Lipinski definition) is 1. The molecule has 6 nitrogen and oxygen atoms in total. The molecule has 3 unspecified atom stereocenters. The number of fused-ring (bicyclic) bond motifs is 3. The molecule has 0 aliphatic carbocycles. The molecule has 1 saturated heterocycles. The maximum absolute atomic E-state index is 12.5. The van der Waals surface area contributed by atoms with E-state index in [1.165, 1.54) is 0 Å². The molecule has 0 bridgehead atoms. The van der Waals surface area contributed by atoms with Gasteiger partial charge in [0.25, 0.3) is 0 Å². The van der Waals surface area contributed by atoms with Crippen LogP contribution in [0.5, 0.6) is 0 Å². The molecule has 2 heterocycles. The lowest BCUT2D eigenvalue weighted by molar-refractivity contribution is -0.0205. The molecule has 1 N–H and O–H groups in total. The number of carbonyl (C=O) groups excluding carboxylic acids is 1. The monoisotopic (exact) mass is 471 g/mol. The number of carbonyl (C=O) groups is 1. The maximum Gasteiger partial charge on any atom is 0.410 e. The minimum absolute atomic E-state index is 0.118. The van der Waals surface area contributed by atoms with Crippen molar-refractivity contribution >= 4 is 39.5 Å². The molecule has 0 spiro atoms. The number of ether oxygens (including phenoxy) is 1. The fourth-order valence-electron chi connectivity index (χ4n) is 4.93. The lowest BCUT2D eigenvalue weighted by Crippen LogP contribution is -2.60. The number of hydrogen-bond acceptors (Lipinski definition) is 4. The summed E-state index contributed by atoms with van der Waals surface area (Å²) in [6, 6.07) is 14.4. The summed E-state index contributed by atoms with van der Waals surface area (Å²) < 4.78 is 7.74.